The molecule has 0 unspecified atom stereocenters. The topological polar surface area (TPSA) is 64.1 Å². The fourth-order valence-electron chi connectivity index (χ4n) is 2.44. The van der Waals surface area contributed by atoms with Crippen LogP contribution in [0, 0.1) is 13.8 Å². The van der Waals surface area contributed by atoms with Crippen molar-refractivity contribution in [2.24, 2.45) is 0 Å². The number of nitrogens with one attached hydrogen (secondary N) is 1. The molecule has 6 heteroatoms. The maximum atomic E-state index is 12.1. The fourth-order valence-corrected chi connectivity index (χ4v) is 2.44. The first-order valence-corrected chi connectivity index (χ1v) is 7.27. The van der Waals surface area contributed by atoms with Crippen LogP contribution < -0.4 is 5.32 Å². The number of benzene rings is 1. The molecule has 2 aromatic heterocycles. The van der Waals surface area contributed by atoms with Crippen LogP contribution >= 0.6 is 12.4 Å². The van der Waals surface area contributed by atoms with Gasteiger partial charge in [-0.2, -0.15) is 0 Å². The molecule has 24 heavy (non-hydrogen) atoms. The van der Waals surface area contributed by atoms with Crippen molar-refractivity contribution in [1.29, 1.82) is 0 Å². The first-order valence-electron chi connectivity index (χ1n) is 7.27. The number of esters is 1. The van der Waals surface area contributed by atoms with Crippen LogP contribution in [0.2, 0.25) is 0 Å². The van der Waals surface area contributed by atoms with E-state index in [0.717, 1.165) is 22.3 Å². The zero-order valence-electron chi connectivity index (χ0n) is 13.7. The van der Waals surface area contributed by atoms with Crippen molar-refractivity contribution >= 4 is 40.8 Å². The Morgan fingerprint density at radius 1 is 1.17 bits per heavy atom. The van der Waals surface area contributed by atoms with Crippen LogP contribution in [0.5, 0.6) is 0 Å². The molecule has 3 aromatic rings. The lowest BCUT2D eigenvalue weighted by Crippen LogP contribution is -2.08. The SMILES string of the molecule is COC(=O)c1cnc2nc(C)ccc2c1Nc1cccc(C)c1.Cl. The zero-order valence-corrected chi connectivity index (χ0v) is 14.5. The molecule has 0 radical (unpaired) electrons. The van der Waals surface area contributed by atoms with E-state index >= 15 is 0 Å². The quantitative estimate of drug-likeness (QED) is 0.722. The van der Waals surface area contributed by atoms with Crippen molar-refractivity contribution in [2.75, 3.05) is 12.4 Å². The number of hydrogen-bond donors (Lipinski definition) is 1. The minimum Gasteiger partial charge on any atom is -0.465 e. The molecule has 1 N–H and O–H groups in total. The number of carbonyl (C=O) groups is 1. The Hall–Kier alpha value is -2.66. The van der Waals surface area contributed by atoms with Crippen LogP contribution in [0.25, 0.3) is 11.0 Å². The van der Waals surface area contributed by atoms with E-state index in [2.05, 4.69) is 15.3 Å². The molecule has 3 rings (SSSR count). The number of ether oxygens (including phenoxy) is 1. The molecule has 5 nitrogen and oxygen atoms in total. The summed E-state index contributed by atoms with van der Waals surface area (Å²) in [6.07, 6.45) is 1.50. The average molecular weight is 344 g/mol. The highest BCUT2D eigenvalue weighted by atomic mass is 35.5. The number of carbonyl (C=O) groups excluding carboxylic acids is 1. The first-order chi connectivity index (χ1) is 11.1. The maximum absolute atomic E-state index is 12.1. The molecular weight excluding hydrogens is 326 g/mol. The van der Waals surface area contributed by atoms with Gasteiger partial charge in [0.2, 0.25) is 0 Å². The van der Waals surface area contributed by atoms with E-state index in [-0.39, 0.29) is 12.4 Å². The second-order valence-corrected chi connectivity index (χ2v) is 5.36. The minimum absolute atomic E-state index is 0. The third-order valence-corrected chi connectivity index (χ3v) is 3.56. The van der Waals surface area contributed by atoms with Gasteiger partial charge >= 0.3 is 5.97 Å². The molecule has 0 spiro atoms. The van der Waals surface area contributed by atoms with Gasteiger partial charge in [0.25, 0.3) is 0 Å². The normalized spacial score (nSPS) is 10.1. The molecule has 0 amide bonds. The molecule has 0 aliphatic carbocycles. The molecule has 0 fully saturated rings. The van der Waals surface area contributed by atoms with Gasteiger partial charge < -0.3 is 10.1 Å². The van der Waals surface area contributed by atoms with Crippen LogP contribution in [0.3, 0.4) is 0 Å². The van der Waals surface area contributed by atoms with Gasteiger partial charge in [0, 0.05) is 23.0 Å². The molecule has 0 aliphatic rings. The predicted molar refractivity (Wildman–Crippen MR) is 97.3 cm³/mol. The number of anilines is 2. The standard InChI is InChI=1S/C18H17N3O2.ClH/c1-11-5-4-6-13(9-11)21-16-14-8-7-12(2)20-17(14)19-10-15(16)18(22)23-3;/h4-10H,1-3H3,(H,19,20,21);1H. The zero-order chi connectivity index (χ0) is 16.4. The number of aryl methyl sites for hydroxylation is 2. The van der Waals surface area contributed by atoms with E-state index < -0.39 is 5.97 Å². The van der Waals surface area contributed by atoms with Gasteiger partial charge in [-0.1, -0.05) is 12.1 Å². The highest BCUT2D eigenvalue weighted by Crippen LogP contribution is 2.29. The predicted octanol–water partition coefficient (Wildman–Crippen LogP) is 4.20. The van der Waals surface area contributed by atoms with Gasteiger partial charge in [-0.25, -0.2) is 14.8 Å². The molecule has 0 bridgehead atoms. The summed E-state index contributed by atoms with van der Waals surface area (Å²) in [7, 11) is 1.36. The number of fused-ring (bicyclic) bond motifs is 1. The molecule has 0 saturated carbocycles. The highest BCUT2D eigenvalue weighted by molar-refractivity contribution is 6.05. The summed E-state index contributed by atoms with van der Waals surface area (Å²) in [5.41, 5.74) is 4.52. The first kappa shape index (κ1) is 17.7. The Labute approximate surface area is 146 Å². The third kappa shape index (κ3) is 3.46. The smallest absolute Gasteiger partial charge is 0.341 e. The summed E-state index contributed by atoms with van der Waals surface area (Å²) >= 11 is 0. The van der Waals surface area contributed by atoms with Gasteiger partial charge in [-0.3, -0.25) is 0 Å². The van der Waals surface area contributed by atoms with Crippen LogP contribution in [0.15, 0.2) is 42.6 Å². The Kier molecular flexibility index (Phi) is 5.36. The summed E-state index contributed by atoms with van der Waals surface area (Å²) in [6.45, 7) is 3.92. The number of halogens is 1. The lowest BCUT2D eigenvalue weighted by molar-refractivity contribution is 0.0601. The number of aromatic nitrogens is 2. The van der Waals surface area contributed by atoms with Crippen LogP contribution in [-0.2, 0) is 4.74 Å². The Morgan fingerprint density at radius 2 is 1.96 bits per heavy atom. The van der Waals surface area contributed by atoms with Crippen molar-refractivity contribution in [2.45, 2.75) is 13.8 Å². The van der Waals surface area contributed by atoms with Gasteiger partial charge in [0.15, 0.2) is 5.65 Å². The monoisotopic (exact) mass is 343 g/mol. The summed E-state index contributed by atoms with van der Waals surface area (Å²) in [6, 6.07) is 11.7. The van der Waals surface area contributed by atoms with E-state index in [4.69, 9.17) is 4.74 Å². The number of rotatable bonds is 3. The van der Waals surface area contributed by atoms with Gasteiger partial charge in [0.05, 0.1) is 12.8 Å². The van der Waals surface area contributed by atoms with Crippen molar-refractivity contribution in [3.63, 3.8) is 0 Å². The molecule has 0 atom stereocenters. The van der Waals surface area contributed by atoms with Gasteiger partial charge in [0.1, 0.15) is 5.56 Å². The number of methoxy groups -OCH3 is 1. The van der Waals surface area contributed by atoms with Crippen LogP contribution in [0.1, 0.15) is 21.6 Å². The largest absolute Gasteiger partial charge is 0.465 e. The van der Waals surface area contributed by atoms with Crippen molar-refractivity contribution in [1.82, 2.24) is 9.97 Å². The van der Waals surface area contributed by atoms with E-state index in [0.29, 0.717) is 16.9 Å². The lowest BCUT2D eigenvalue weighted by Gasteiger charge is -2.14. The fraction of sp³-hybridized carbons (Fsp3) is 0.167. The van der Waals surface area contributed by atoms with E-state index in [1.54, 1.807) is 0 Å². The van der Waals surface area contributed by atoms with Crippen molar-refractivity contribution in [3.8, 4) is 0 Å². The maximum Gasteiger partial charge on any atom is 0.341 e. The number of nitrogens with zero attached hydrogens (tertiary/aromatic N) is 2. The Morgan fingerprint density at radius 3 is 2.67 bits per heavy atom. The van der Waals surface area contributed by atoms with Gasteiger partial charge in [-0.15, -0.1) is 12.4 Å². The third-order valence-electron chi connectivity index (χ3n) is 3.56. The molecular formula is C18H18ClN3O2. The molecule has 1 aromatic carbocycles. The number of pyridine rings is 2. The van der Waals surface area contributed by atoms with Crippen LogP contribution in [-0.4, -0.2) is 23.0 Å². The average Bonchev–Trinajstić information content (AvgIpc) is 2.54. The lowest BCUT2D eigenvalue weighted by atomic mass is 10.1. The molecule has 2 heterocycles. The Bertz CT molecular complexity index is 897. The van der Waals surface area contributed by atoms with E-state index in [1.165, 1.54) is 13.3 Å². The van der Waals surface area contributed by atoms with Gasteiger partial charge in [-0.05, 0) is 43.7 Å². The summed E-state index contributed by atoms with van der Waals surface area (Å²) < 4.78 is 4.87. The molecule has 0 aliphatic heterocycles. The Balaban J connectivity index is 0.00000208. The second kappa shape index (κ2) is 7.27. The van der Waals surface area contributed by atoms with Crippen LogP contribution in [0.4, 0.5) is 11.4 Å². The van der Waals surface area contributed by atoms with Crippen molar-refractivity contribution < 1.29 is 9.53 Å². The van der Waals surface area contributed by atoms with E-state index in [9.17, 15) is 4.79 Å². The summed E-state index contributed by atoms with van der Waals surface area (Å²) in [5.74, 6) is -0.435. The highest BCUT2D eigenvalue weighted by Gasteiger charge is 2.17. The summed E-state index contributed by atoms with van der Waals surface area (Å²) in [4.78, 5) is 20.8. The molecule has 124 valence electrons. The summed E-state index contributed by atoms with van der Waals surface area (Å²) in [5, 5.41) is 4.09. The van der Waals surface area contributed by atoms with E-state index in [1.807, 2.05) is 50.2 Å². The number of hydrogen-bond acceptors (Lipinski definition) is 5. The van der Waals surface area contributed by atoms with Crippen molar-refractivity contribution in [3.05, 3.63) is 59.4 Å². The second-order valence-electron chi connectivity index (χ2n) is 5.36. The molecule has 0 saturated heterocycles. The minimum atomic E-state index is -0.435.